The number of aryl methyl sites for hydroxylation is 1. The summed E-state index contributed by atoms with van der Waals surface area (Å²) in [5, 5.41) is 0. The van der Waals surface area contributed by atoms with Gasteiger partial charge in [-0.15, -0.1) is 0 Å². The molecule has 0 spiro atoms. The molecule has 1 aliphatic rings. The highest BCUT2D eigenvalue weighted by Gasteiger charge is 2.28. The topological polar surface area (TPSA) is 43.6 Å². The Balaban J connectivity index is 1.91. The zero-order valence-electron chi connectivity index (χ0n) is 10.9. The summed E-state index contributed by atoms with van der Waals surface area (Å²) in [5.41, 5.74) is 1.54. The lowest BCUT2D eigenvalue weighted by Gasteiger charge is -2.11. The van der Waals surface area contributed by atoms with Crippen molar-refractivity contribution < 1.29 is 13.2 Å². The Kier molecular flexibility index (Phi) is 3.35. The van der Waals surface area contributed by atoms with E-state index in [0.29, 0.717) is 22.9 Å². The van der Waals surface area contributed by atoms with Crippen LogP contribution in [-0.2, 0) is 6.42 Å². The predicted octanol–water partition coefficient (Wildman–Crippen LogP) is 3.44. The highest BCUT2D eigenvalue weighted by Crippen LogP contribution is 2.32. The van der Waals surface area contributed by atoms with Gasteiger partial charge in [-0.3, -0.25) is 0 Å². The van der Waals surface area contributed by atoms with E-state index < -0.39 is 12.6 Å². The Morgan fingerprint density at radius 2 is 1.90 bits per heavy atom. The third-order valence-corrected chi connectivity index (χ3v) is 3.80. The van der Waals surface area contributed by atoms with Gasteiger partial charge in [0.05, 0.1) is 12.0 Å². The molecule has 20 heavy (non-hydrogen) atoms. The number of nitrogens with zero attached hydrogens (tertiary/aromatic N) is 4. The van der Waals surface area contributed by atoms with E-state index in [-0.39, 0.29) is 6.42 Å². The summed E-state index contributed by atoms with van der Waals surface area (Å²) in [6.45, 7) is 0. The molecule has 0 radical (unpaired) electrons. The van der Waals surface area contributed by atoms with Crippen LogP contribution in [0.5, 0.6) is 0 Å². The molecule has 2 heterocycles. The summed E-state index contributed by atoms with van der Waals surface area (Å²) in [6.07, 6.45) is 2.33. The molecule has 0 unspecified atom stereocenters. The minimum absolute atomic E-state index is 0.149. The van der Waals surface area contributed by atoms with Gasteiger partial charge in [0.2, 0.25) is 0 Å². The SMILES string of the molecule is FC(F)(F)CCc1ncnc2c1ncn2C1CCCC1. The Bertz CT molecular complexity index is 599. The van der Waals surface area contributed by atoms with E-state index in [2.05, 4.69) is 15.0 Å². The fourth-order valence-corrected chi connectivity index (χ4v) is 2.79. The largest absolute Gasteiger partial charge is 0.389 e. The molecule has 0 aromatic carbocycles. The molecule has 2 aromatic rings. The molecule has 2 aromatic heterocycles. The average molecular weight is 284 g/mol. The first-order valence-electron chi connectivity index (χ1n) is 6.78. The van der Waals surface area contributed by atoms with Crippen LogP contribution in [0.2, 0.25) is 0 Å². The van der Waals surface area contributed by atoms with Gasteiger partial charge in [-0.1, -0.05) is 12.8 Å². The molecule has 3 rings (SSSR count). The van der Waals surface area contributed by atoms with Crippen LogP contribution in [0.25, 0.3) is 11.2 Å². The summed E-state index contributed by atoms with van der Waals surface area (Å²) in [5.74, 6) is 0. The van der Waals surface area contributed by atoms with Crippen LogP contribution in [0, 0.1) is 0 Å². The maximum atomic E-state index is 12.3. The molecule has 1 aliphatic carbocycles. The summed E-state index contributed by atoms with van der Waals surface area (Å²) >= 11 is 0. The second kappa shape index (κ2) is 5.03. The second-order valence-electron chi connectivity index (χ2n) is 5.20. The number of hydrogen-bond acceptors (Lipinski definition) is 3. The van der Waals surface area contributed by atoms with Crippen molar-refractivity contribution >= 4 is 11.2 Å². The maximum Gasteiger partial charge on any atom is 0.389 e. The molecule has 4 nitrogen and oxygen atoms in total. The van der Waals surface area contributed by atoms with Gasteiger partial charge in [-0.05, 0) is 12.8 Å². The van der Waals surface area contributed by atoms with Crippen molar-refractivity contribution in [1.82, 2.24) is 19.5 Å². The molecule has 7 heteroatoms. The van der Waals surface area contributed by atoms with Crippen molar-refractivity contribution in [1.29, 1.82) is 0 Å². The third kappa shape index (κ3) is 2.62. The van der Waals surface area contributed by atoms with Crippen molar-refractivity contribution in [2.24, 2.45) is 0 Å². The van der Waals surface area contributed by atoms with Crippen LogP contribution < -0.4 is 0 Å². The van der Waals surface area contributed by atoms with Crippen LogP contribution in [0.1, 0.15) is 43.8 Å². The number of aromatic nitrogens is 4. The van der Waals surface area contributed by atoms with E-state index in [4.69, 9.17) is 0 Å². The molecular formula is C13H15F3N4. The lowest BCUT2D eigenvalue weighted by molar-refractivity contribution is -0.134. The van der Waals surface area contributed by atoms with Crippen molar-refractivity contribution in [3.8, 4) is 0 Å². The normalized spacial score (nSPS) is 17.1. The molecule has 0 aliphatic heterocycles. The highest BCUT2D eigenvalue weighted by molar-refractivity contribution is 5.73. The van der Waals surface area contributed by atoms with Gasteiger partial charge in [0, 0.05) is 18.9 Å². The fraction of sp³-hybridized carbons (Fsp3) is 0.615. The van der Waals surface area contributed by atoms with Gasteiger partial charge >= 0.3 is 6.18 Å². The number of fused-ring (bicyclic) bond motifs is 1. The molecule has 0 N–H and O–H groups in total. The Hall–Kier alpha value is -1.66. The number of alkyl halides is 3. The van der Waals surface area contributed by atoms with Gasteiger partial charge in [0.1, 0.15) is 11.8 Å². The zero-order valence-corrected chi connectivity index (χ0v) is 10.9. The van der Waals surface area contributed by atoms with E-state index in [0.717, 1.165) is 12.8 Å². The molecule has 0 atom stereocenters. The smallest absolute Gasteiger partial charge is 0.312 e. The Labute approximate surface area is 114 Å². The summed E-state index contributed by atoms with van der Waals surface area (Å²) < 4.78 is 39.0. The van der Waals surface area contributed by atoms with E-state index in [1.165, 1.54) is 19.2 Å². The third-order valence-electron chi connectivity index (χ3n) is 3.80. The van der Waals surface area contributed by atoms with Crippen molar-refractivity contribution in [3.05, 3.63) is 18.3 Å². The molecule has 0 amide bonds. The van der Waals surface area contributed by atoms with Crippen LogP contribution >= 0.6 is 0 Å². The minimum Gasteiger partial charge on any atom is -0.312 e. The first-order chi connectivity index (χ1) is 9.54. The van der Waals surface area contributed by atoms with Gasteiger partial charge in [0.15, 0.2) is 5.65 Å². The molecule has 1 fully saturated rings. The van der Waals surface area contributed by atoms with Gasteiger partial charge in [0.25, 0.3) is 0 Å². The summed E-state index contributed by atoms with van der Waals surface area (Å²) in [7, 11) is 0. The van der Waals surface area contributed by atoms with Gasteiger partial charge < -0.3 is 4.57 Å². The Morgan fingerprint density at radius 1 is 1.15 bits per heavy atom. The highest BCUT2D eigenvalue weighted by atomic mass is 19.4. The summed E-state index contributed by atoms with van der Waals surface area (Å²) in [6, 6.07) is 0.366. The molecular weight excluding hydrogens is 269 g/mol. The van der Waals surface area contributed by atoms with Crippen molar-refractivity contribution in [2.75, 3.05) is 0 Å². The number of rotatable bonds is 3. The maximum absolute atomic E-state index is 12.3. The van der Waals surface area contributed by atoms with Gasteiger partial charge in [-0.25, -0.2) is 15.0 Å². The number of imidazole rings is 1. The first-order valence-corrected chi connectivity index (χ1v) is 6.78. The van der Waals surface area contributed by atoms with Crippen molar-refractivity contribution in [3.63, 3.8) is 0 Å². The second-order valence-corrected chi connectivity index (χ2v) is 5.20. The van der Waals surface area contributed by atoms with Crippen LogP contribution in [0.3, 0.4) is 0 Å². The standard InChI is InChI=1S/C13H15F3N4/c14-13(15,16)6-5-10-11-12(18-7-17-10)20(8-19-11)9-3-1-2-4-9/h7-9H,1-6H2. The quantitative estimate of drug-likeness (QED) is 0.867. The molecule has 0 bridgehead atoms. The monoisotopic (exact) mass is 284 g/mol. The van der Waals surface area contributed by atoms with Gasteiger partial charge in [-0.2, -0.15) is 13.2 Å². The van der Waals surface area contributed by atoms with E-state index in [1.807, 2.05) is 4.57 Å². The number of halogens is 3. The predicted molar refractivity (Wildman–Crippen MR) is 67.2 cm³/mol. The van der Waals surface area contributed by atoms with E-state index in [1.54, 1.807) is 6.33 Å². The average Bonchev–Trinajstić information content (AvgIpc) is 3.03. The number of hydrogen-bond donors (Lipinski definition) is 0. The van der Waals surface area contributed by atoms with Crippen LogP contribution in [0.15, 0.2) is 12.7 Å². The fourth-order valence-electron chi connectivity index (χ4n) is 2.79. The molecule has 108 valence electrons. The lowest BCUT2D eigenvalue weighted by Crippen LogP contribution is -2.10. The summed E-state index contributed by atoms with van der Waals surface area (Å²) in [4.78, 5) is 12.4. The first kappa shape index (κ1) is 13.3. The van der Waals surface area contributed by atoms with Crippen LogP contribution in [0.4, 0.5) is 13.2 Å². The van der Waals surface area contributed by atoms with Crippen molar-refractivity contribution in [2.45, 2.75) is 50.7 Å². The zero-order chi connectivity index (χ0) is 14.2. The van der Waals surface area contributed by atoms with E-state index >= 15 is 0 Å². The molecule has 1 saturated carbocycles. The van der Waals surface area contributed by atoms with E-state index in [9.17, 15) is 13.2 Å². The minimum atomic E-state index is -4.18. The van der Waals surface area contributed by atoms with Crippen LogP contribution in [-0.4, -0.2) is 25.7 Å². The Morgan fingerprint density at radius 3 is 2.60 bits per heavy atom. The molecule has 0 saturated heterocycles. The lowest BCUT2D eigenvalue weighted by atomic mass is 10.2.